The van der Waals surface area contributed by atoms with Crippen molar-refractivity contribution in [3.8, 4) is 0 Å². The number of nitro benzene ring substituents is 2. The summed E-state index contributed by atoms with van der Waals surface area (Å²) in [5.41, 5.74) is 0.644. The van der Waals surface area contributed by atoms with Crippen molar-refractivity contribution in [2.45, 2.75) is 6.85 Å². The van der Waals surface area contributed by atoms with Gasteiger partial charge in [-0.05, 0) is 12.9 Å². The second-order valence-corrected chi connectivity index (χ2v) is 2.55. The number of benzene rings is 1. The molecule has 0 saturated heterocycles. The van der Waals surface area contributed by atoms with Crippen molar-refractivity contribution >= 4 is 23.3 Å². The van der Waals surface area contributed by atoms with Crippen LogP contribution in [0.2, 0.25) is 0 Å². The fraction of sp³-hybridized carbons (Fsp3) is 0.125. The molecule has 8 heteroatoms. The maximum atomic E-state index is 10.8. The van der Waals surface area contributed by atoms with Crippen LogP contribution in [0.25, 0.3) is 0 Å². The summed E-state index contributed by atoms with van der Waals surface area (Å²) in [6, 6.07) is 2.70. The van der Waals surface area contributed by atoms with Gasteiger partial charge in [-0.1, -0.05) is 0 Å². The van der Waals surface area contributed by atoms with Crippen LogP contribution in [0.15, 0.2) is 23.3 Å². The Bertz CT molecular complexity index is 586. The lowest BCUT2D eigenvalue weighted by Gasteiger charge is -2.01. The van der Waals surface area contributed by atoms with Crippen molar-refractivity contribution < 1.29 is 15.3 Å². The Morgan fingerprint density at radius 2 is 2.25 bits per heavy atom. The highest BCUT2D eigenvalue weighted by atomic mass is 16.6. The van der Waals surface area contributed by atoms with Crippen LogP contribution in [0.5, 0.6) is 0 Å². The SMILES string of the molecule is [2H]C(=NNc1ccc([N+](=O)[O-])cc1[N+](=O)[O-])C([2H])([2H])[2H]. The molecule has 1 N–H and O–H groups in total. The third-order valence-electron chi connectivity index (χ3n) is 1.62. The molecule has 0 aliphatic rings. The molecule has 16 heavy (non-hydrogen) atoms. The van der Waals surface area contributed by atoms with Crippen molar-refractivity contribution in [1.82, 2.24) is 0 Å². The third kappa shape index (κ3) is 2.50. The summed E-state index contributed by atoms with van der Waals surface area (Å²) in [6.07, 6.45) is -0.995. The van der Waals surface area contributed by atoms with Crippen molar-refractivity contribution in [3.63, 3.8) is 0 Å². The van der Waals surface area contributed by atoms with E-state index < -0.39 is 34.3 Å². The van der Waals surface area contributed by atoms with Crippen molar-refractivity contribution in [1.29, 1.82) is 0 Å². The zero-order valence-electron chi connectivity index (χ0n) is 11.7. The van der Waals surface area contributed by atoms with E-state index in [2.05, 4.69) is 5.10 Å². The lowest BCUT2D eigenvalue weighted by Crippen LogP contribution is -1.98. The molecule has 0 saturated carbocycles. The molecule has 0 unspecified atom stereocenters. The first-order valence-corrected chi connectivity index (χ1v) is 3.86. The van der Waals surface area contributed by atoms with Gasteiger partial charge in [0.25, 0.3) is 5.69 Å². The zero-order chi connectivity index (χ0) is 15.5. The average Bonchev–Trinajstić information content (AvgIpc) is 2.34. The van der Waals surface area contributed by atoms with Gasteiger partial charge in [0.2, 0.25) is 0 Å². The highest BCUT2D eigenvalue weighted by molar-refractivity contribution is 5.66. The van der Waals surface area contributed by atoms with Gasteiger partial charge in [-0.15, -0.1) is 0 Å². The molecule has 1 rings (SSSR count). The molecule has 0 aliphatic carbocycles. The molecule has 0 fully saturated rings. The fourth-order valence-electron chi connectivity index (χ4n) is 0.967. The quantitative estimate of drug-likeness (QED) is 0.480. The third-order valence-corrected chi connectivity index (χ3v) is 1.62. The van der Waals surface area contributed by atoms with Gasteiger partial charge >= 0.3 is 5.69 Å². The standard InChI is InChI=1S/C8H8N4O4/c1-2-9-10-7-4-3-6(11(13)14)5-8(7)12(15)16/h2-5,10H,1H3/i1D3,2D. The molecule has 8 nitrogen and oxygen atoms in total. The predicted molar refractivity (Wildman–Crippen MR) is 57.5 cm³/mol. The molecule has 0 atom stereocenters. The van der Waals surface area contributed by atoms with E-state index >= 15 is 0 Å². The van der Waals surface area contributed by atoms with E-state index in [0.29, 0.717) is 6.07 Å². The highest BCUT2D eigenvalue weighted by Crippen LogP contribution is 2.28. The van der Waals surface area contributed by atoms with Crippen LogP contribution in [0.3, 0.4) is 0 Å². The van der Waals surface area contributed by atoms with E-state index in [9.17, 15) is 20.2 Å². The normalized spacial score (nSPS) is 15.4. The number of nitrogens with zero attached hydrogens (tertiary/aromatic N) is 3. The zero-order valence-corrected chi connectivity index (χ0v) is 7.71. The first-order chi connectivity index (χ1) is 9.12. The van der Waals surface area contributed by atoms with Gasteiger partial charge in [0, 0.05) is 16.4 Å². The number of rotatable bonds is 4. The van der Waals surface area contributed by atoms with Crippen LogP contribution in [-0.2, 0) is 0 Å². The minimum atomic E-state index is -2.76. The Morgan fingerprint density at radius 1 is 1.50 bits per heavy atom. The summed E-state index contributed by atoms with van der Waals surface area (Å²) in [6.45, 7) is -2.76. The van der Waals surface area contributed by atoms with E-state index in [-0.39, 0.29) is 5.69 Å². The maximum absolute atomic E-state index is 10.8. The maximum Gasteiger partial charge on any atom is 0.301 e. The number of hydrazone groups is 1. The Kier molecular flexibility index (Phi) is 2.07. The molecule has 0 heterocycles. The van der Waals surface area contributed by atoms with Gasteiger partial charge in [-0.3, -0.25) is 25.7 Å². The summed E-state index contributed by atoms with van der Waals surface area (Å²) >= 11 is 0. The summed E-state index contributed by atoms with van der Waals surface area (Å²) in [4.78, 5) is 19.6. The van der Waals surface area contributed by atoms with Crippen LogP contribution in [0, 0.1) is 20.2 Å². The molecule has 1 aromatic rings. The summed E-state index contributed by atoms with van der Waals surface area (Å²) < 4.78 is 27.8. The molecule has 0 bridgehead atoms. The van der Waals surface area contributed by atoms with Gasteiger partial charge in [-0.25, -0.2) is 0 Å². The molecule has 0 amide bonds. The topological polar surface area (TPSA) is 111 Å². The summed E-state index contributed by atoms with van der Waals surface area (Å²) in [5.74, 6) is 0. The number of nitro groups is 2. The number of non-ortho nitro benzene ring substituents is 1. The number of hydrogen-bond acceptors (Lipinski definition) is 6. The van der Waals surface area contributed by atoms with Crippen LogP contribution in [0.1, 0.15) is 12.3 Å². The Balaban J connectivity index is 3.13. The van der Waals surface area contributed by atoms with E-state index in [0.717, 1.165) is 12.1 Å². The first kappa shape index (κ1) is 6.88. The number of anilines is 1. The van der Waals surface area contributed by atoms with Crippen LogP contribution in [0.4, 0.5) is 17.1 Å². The molecular weight excluding hydrogens is 216 g/mol. The van der Waals surface area contributed by atoms with Crippen molar-refractivity contribution in [2.24, 2.45) is 5.10 Å². The minimum Gasteiger partial charge on any atom is -0.272 e. The van der Waals surface area contributed by atoms with Gasteiger partial charge < -0.3 is 0 Å². The minimum absolute atomic E-state index is 0.255. The molecule has 0 spiro atoms. The van der Waals surface area contributed by atoms with Gasteiger partial charge in [-0.2, -0.15) is 5.10 Å². The lowest BCUT2D eigenvalue weighted by atomic mass is 10.2. The summed E-state index contributed by atoms with van der Waals surface area (Å²) in [7, 11) is 0. The summed E-state index contributed by atoms with van der Waals surface area (Å²) in [5, 5.41) is 24.5. The Hall–Kier alpha value is -2.51. The van der Waals surface area contributed by atoms with E-state index in [4.69, 9.17) is 5.48 Å². The largest absolute Gasteiger partial charge is 0.301 e. The van der Waals surface area contributed by atoms with Gasteiger partial charge in [0.05, 0.1) is 17.3 Å². The molecule has 0 radical (unpaired) electrons. The number of nitrogens with one attached hydrogen (secondary N) is 1. The van der Waals surface area contributed by atoms with Gasteiger partial charge in [0.1, 0.15) is 5.69 Å². The Labute approximate surface area is 95.5 Å². The fourth-order valence-corrected chi connectivity index (χ4v) is 0.967. The van der Waals surface area contributed by atoms with E-state index in [1.54, 1.807) is 0 Å². The predicted octanol–water partition coefficient (Wildman–Crippen LogP) is 1.92. The van der Waals surface area contributed by atoms with Crippen LogP contribution in [-0.4, -0.2) is 16.0 Å². The smallest absolute Gasteiger partial charge is 0.272 e. The Morgan fingerprint density at radius 3 is 2.81 bits per heavy atom. The molecular formula is C8H8N4O4. The second-order valence-electron chi connectivity index (χ2n) is 2.55. The van der Waals surface area contributed by atoms with Crippen molar-refractivity contribution in [3.05, 3.63) is 38.4 Å². The van der Waals surface area contributed by atoms with E-state index in [1.165, 1.54) is 0 Å². The molecule has 0 aliphatic heterocycles. The van der Waals surface area contributed by atoms with Gasteiger partial charge in [0.15, 0.2) is 0 Å². The number of hydrogen-bond donors (Lipinski definition) is 1. The van der Waals surface area contributed by atoms with Crippen LogP contribution >= 0.6 is 0 Å². The van der Waals surface area contributed by atoms with E-state index in [1.807, 2.05) is 5.43 Å². The van der Waals surface area contributed by atoms with Crippen LogP contribution < -0.4 is 5.43 Å². The molecule has 84 valence electrons. The monoisotopic (exact) mass is 228 g/mol. The highest BCUT2D eigenvalue weighted by Gasteiger charge is 2.18. The second kappa shape index (κ2) is 4.82. The first-order valence-electron chi connectivity index (χ1n) is 5.86. The average molecular weight is 228 g/mol. The van der Waals surface area contributed by atoms with Crippen molar-refractivity contribution in [2.75, 3.05) is 5.43 Å². The molecule has 0 aromatic heterocycles. The lowest BCUT2D eigenvalue weighted by molar-refractivity contribution is -0.393. The molecule has 1 aromatic carbocycles.